The van der Waals surface area contributed by atoms with Crippen molar-refractivity contribution < 1.29 is 8.42 Å². The Morgan fingerprint density at radius 2 is 2.07 bits per heavy atom. The van der Waals surface area contributed by atoms with Crippen LogP contribution in [-0.4, -0.2) is 57.0 Å². The molecule has 27 heavy (non-hydrogen) atoms. The summed E-state index contributed by atoms with van der Waals surface area (Å²) in [6.45, 7) is 7.43. The summed E-state index contributed by atoms with van der Waals surface area (Å²) in [7, 11) is -2.95. The fourth-order valence-electron chi connectivity index (χ4n) is 3.04. The molecule has 1 aromatic heterocycles. The molecule has 8 heteroatoms. The maximum atomic E-state index is 11.3. The van der Waals surface area contributed by atoms with Gasteiger partial charge in [-0.3, -0.25) is 0 Å². The smallest absolute Gasteiger partial charge is 0.191 e. The first-order valence-electron chi connectivity index (χ1n) is 9.80. The van der Waals surface area contributed by atoms with Gasteiger partial charge in [-0.2, -0.15) is 0 Å². The van der Waals surface area contributed by atoms with Gasteiger partial charge < -0.3 is 15.5 Å². The van der Waals surface area contributed by atoms with Crippen LogP contribution >= 0.6 is 0 Å². The SMILES string of the molecule is CCNC(=NCc1ccnc(N2CCCCC2)c1)NC(C)CCS(C)(=O)=O. The first kappa shape index (κ1) is 21.5. The number of aliphatic imine (C=N–C) groups is 1. The molecule has 152 valence electrons. The highest BCUT2D eigenvalue weighted by molar-refractivity contribution is 7.90. The average molecular weight is 396 g/mol. The molecule has 0 amide bonds. The Hall–Kier alpha value is -1.83. The molecule has 1 saturated heterocycles. The number of nitrogens with one attached hydrogen (secondary N) is 2. The van der Waals surface area contributed by atoms with E-state index in [4.69, 9.17) is 0 Å². The molecule has 1 aromatic rings. The van der Waals surface area contributed by atoms with Crippen LogP contribution in [-0.2, 0) is 16.4 Å². The quantitative estimate of drug-likeness (QED) is 0.517. The van der Waals surface area contributed by atoms with Crippen molar-refractivity contribution in [3.63, 3.8) is 0 Å². The molecule has 0 aromatic carbocycles. The van der Waals surface area contributed by atoms with E-state index in [1.165, 1.54) is 25.5 Å². The minimum atomic E-state index is -2.95. The second kappa shape index (κ2) is 10.5. The van der Waals surface area contributed by atoms with Gasteiger partial charge >= 0.3 is 0 Å². The molecule has 0 spiro atoms. The van der Waals surface area contributed by atoms with Crippen LogP contribution in [0.3, 0.4) is 0 Å². The van der Waals surface area contributed by atoms with Crippen LogP contribution in [0.2, 0.25) is 0 Å². The highest BCUT2D eigenvalue weighted by Gasteiger charge is 2.13. The Kier molecular flexibility index (Phi) is 8.34. The largest absolute Gasteiger partial charge is 0.357 e. The third kappa shape index (κ3) is 8.15. The van der Waals surface area contributed by atoms with Crippen LogP contribution in [0.25, 0.3) is 0 Å². The number of guanidine groups is 1. The van der Waals surface area contributed by atoms with Crippen LogP contribution in [0.1, 0.15) is 45.1 Å². The van der Waals surface area contributed by atoms with E-state index in [2.05, 4.69) is 31.6 Å². The van der Waals surface area contributed by atoms with Gasteiger partial charge in [0.05, 0.1) is 12.3 Å². The highest BCUT2D eigenvalue weighted by Crippen LogP contribution is 2.18. The summed E-state index contributed by atoms with van der Waals surface area (Å²) in [4.78, 5) is 11.5. The molecule has 1 unspecified atom stereocenters. The monoisotopic (exact) mass is 395 g/mol. The minimum absolute atomic E-state index is 0.0267. The number of rotatable bonds is 8. The molecule has 0 bridgehead atoms. The lowest BCUT2D eigenvalue weighted by atomic mass is 10.1. The summed E-state index contributed by atoms with van der Waals surface area (Å²) >= 11 is 0. The van der Waals surface area contributed by atoms with Gasteiger partial charge in [0.25, 0.3) is 0 Å². The molecule has 7 nitrogen and oxygen atoms in total. The van der Waals surface area contributed by atoms with E-state index in [1.54, 1.807) is 0 Å². The molecule has 1 aliphatic heterocycles. The van der Waals surface area contributed by atoms with Crippen LogP contribution in [0.15, 0.2) is 23.3 Å². The number of hydrogen-bond acceptors (Lipinski definition) is 5. The fourth-order valence-corrected chi connectivity index (χ4v) is 3.82. The molecule has 1 fully saturated rings. The van der Waals surface area contributed by atoms with Gasteiger partial charge in [-0.1, -0.05) is 0 Å². The zero-order valence-corrected chi connectivity index (χ0v) is 17.6. The van der Waals surface area contributed by atoms with E-state index < -0.39 is 9.84 Å². The normalized spacial score (nSPS) is 16.9. The second-order valence-electron chi connectivity index (χ2n) is 7.23. The van der Waals surface area contributed by atoms with Crippen molar-refractivity contribution >= 4 is 21.6 Å². The predicted molar refractivity (Wildman–Crippen MR) is 112 cm³/mol. The van der Waals surface area contributed by atoms with Gasteiger partial charge in [0.15, 0.2) is 5.96 Å². The molecule has 2 heterocycles. The van der Waals surface area contributed by atoms with E-state index in [-0.39, 0.29) is 11.8 Å². The van der Waals surface area contributed by atoms with Crippen molar-refractivity contribution in [3.05, 3.63) is 23.9 Å². The van der Waals surface area contributed by atoms with Crippen molar-refractivity contribution in [1.29, 1.82) is 0 Å². The summed E-state index contributed by atoms with van der Waals surface area (Å²) in [6, 6.07) is 4.14. The first-order valence-corrected chi connectivity index (χ1v) is 11.9. The molecule has 2 N–H and O–H groups in total. The lowest BCUT2D eigenvalue weighted by molar-refractivity contribution is 0.573. The first-order chi connectivity index (χ1) is 12.9. The number of piperidine rings is 1. The molecule has 1 atom stereocenters. The topological polar surface area (TPSA) is 86.7 Å². The maximum Gasteiger partial charge on any atom is 0.191 e. The summed E-state index contributed by atoms with van der Waals surface area (Å²) < 4.78 is 22.7. The summed E-state index contributed by atoms with van der Waals surface area (Å²) in [5.74, 6) is 1.90. The van der Waals surface area contributed by atoms with E-state index in [0.717, 1.165) is 31.0 Å². The predicted octanol–water partition coefficient (Wildman–Crippen LogP) is 1.95. The fraction of sp³-hybridized carbons (Fsp3) is 0.684. The van der Waals surface area contributed by atoms with Crippen molar-refractivity contribution in [3.8, 4) is 0 Å². The zero-order valence-electron chi connectivity index (χ0n) is 16.7. The number of hydrogen-bond donors (Lipinski definition) is 2. The van der Waals surface area contributed by atoms with Gasteiger partial charge in [-0.15, -0.1) is 0 Å². The van der Waals surface area contributed by atoms with Gasteiger partial charge in [0.2, 0.25) is 0 Å². The standard InChI is InChI=1S/C19H33N5O2S/c1-4-20-19(23-16(2)9-13-27(3,25)26)22-15-17-8-10-21-18(14-17)24-11-6-5-7-12-24/h8,10,14,16H,4-7,9,11-13,15H2,1-3H3,(H2,20,22,23). The molecule has 2 rings (SSSR count). The number of pyridine rings is 1. The number of nitrogens with zero attached hydrogens (tertiary/aromatic N) is 3. The van der Waals surface area contributed by atoms with Crippen molar-refractivity contribution in [1.82, 2.24) is 15.6 Å². The van der Waals surface area contributed by atoms with E-state index in [0.29, 0.717) is 18.9 Å². The van der Waals surface area contributed by atoms with Crippen LogP contribution in [0, 0.1) is 0 Å². The summed E-state index contributed by atoms with van der Waals surface area (Å²) in [6.07, 6.45) is 7.42. The number of aromatic nitrogens is 1. The third-order valence-corrected chi connectivity index (χ3v) is 5.54. The summed E-state index contributed by atoms with van der Waals surface area (Å²) in [5.41, 5.74) is 1.12. The Morgan fingerprint density at radius 1 is 1.33 bits per heavy atom. The van der Waals surface area contributed by atoms with Gasteiger partial charge in [-0.25, -0.2) is 18.4 Å². The summed E-state index contributed by atoms with van der Waals surface area (Å²) in [5, 5.41) is 6.51. The number of anilines is 1. The lowest BCUT2D eigenvalue weighted by Crippen LogP contribution is -2.42. The van der Waals surface area contributed by atoms with Crippen molar-refractivity contribution in [2.75, 3.05) is 36.5 Å². The number of sulfone groups is 1. The lowest BCUT2D eigenvalue weighted by Gasteiger charge is -2.27. The van der Waals surface area contributed by atoms with E-state index in [9.17, 15) is 8.42 Å². The third-order valence-electron chi connectivity index (χ3n) is 4.56. The molecule has 1 aliphatic rings. The zero-order chi connectivity index (χ0) is 19.7. The van der Waals surface area contributed by atoms with Crippen LogP contribution in [0.4, 0.5) is 5.82 Å². The molecule has 0 saturated carbocycles. The minimum Gasteiger partial charge on any atom is -0.357 e. The van der Waals surface area contributed by atoms with Gasteiger partial charge in [0.1, 0.15) is 15.7 Å². The van der Waals surface area contributed by atoms with E-state index >= 15 is 0 Å². The highest BCUT2D eigenvalue weighted by atomic mass is 32.2. The molecular weight excluding hydrogens is 362 g/mol. The molecule has 0 radical (unpaired) electrons. The average Bonchev–Trinajstić information content (AvgIpc) is 2.65. The van der Waals surface area contributed by atoms with Crippen molar-refractivity contribution in [2.45, 2.75) is 52.1 Å². The Morgan fingerprint density at radius 3 is 2.74 bits per heavy atom. The van der Waals surface area contributed by atoms with Crippen LogP contribution in [0.5, 0.6) is 0 Å². The Balaban J connectivity index is 1.97. The Labute approximate surface area is 163 Å². The van der Waals surface area contributed by atoms with Crippen molar-refractivity contribution in [2.24, 2.45) is 4.99 Å². The maximum absolute atomic E-state index is 11.3. The second-order valence-corrected chi connectivity index (χ2v) is 9.49. The van der Waals surface area contributed by atoms with Gasteiger partial charge in [-0.05, 0) is 57.2 Å². The molecule has 0 aliphatic carbocycles. The van der Waals surface area contributed by atoms with Gasteiger partial charge in [0, 0.05) is 38.1 Å². The molecular formula is C19H33N5O2S. The van der Waals surface area contributed by atoms with E-state index in [1.807, 2.05) is 26.1 Å². The van der Waals surface area contributed by atoms with Crippen LogP contribution < -0.4 is 15.5 Å². The Bertz CT molecular complexity index is 715.